The predicted molar refractivity (Wildman–Crippen MR) is 229 cm³/mol. The number of carbonyl (C=O) groups is 2. The van der Waals surface area contributed by atoms with Gasteiger partial charge in [-0.1, -0.05) is 135 Å². The number of carbonyl (C=O) groups excluding carboxylic acids is 2. The molecule has 0 aliphatic carbocycles. The fourth-order valence-electron chi connectivity index (χ4n) is 7.50. The molecule has 358 valence electrons. The van der Waals surface area contributed by atoms with Crippen molar-refractivity contribution >= 4 is 11.9 Å². The van der Waals surface area contributed by atoms with Gasteiger partial charge in [0.2, 0.25) is 0 Å². The van der Waals surface area contributed by atoms with E-state index in [1.165, 1.54) is 77.0 Å². The fraction of sp³-hybridized carbons (Fsp3) is 0.913. The maximum atomic E-state index is 12.9. The molecular weight excluding hydrogens is 792 g/mol. The zero-order chi connectivity index (χ0) is 44.7. The lowest BCUT2D eigenvalue weighted by atomic mass is 9.98. The Morgan fingerprint density at radius 1 is 0.508 bits per heavy atom. The number of hydrogen-bond donors (Lipinski definition) is 7. The highest BCUT2D eigenvalue weighted by Crippen LogP contribution is 2.26. The molecule has 7 N–H and O–H groups in total. The SMILES string of the molecule is CCCCCCCCC/C=C\CCCCCCCC(=O)OC(COC(=O)CCCCCCCCCCC)COC1OC(COC2OC(CO)C(O)C(O)C2O)C(O)C(O)C1O. The topological polar surface area (TPSA) is 231 Å². The Kier molecular flexibility index (Phi) is 31.4. The lowest BCUT2D eigenvalue weighted by molar-refractivity contribution is -0.332. The Bertz CT molecular complexity index is 1120. The first-order valence-electron chi connectivity index (χ1n) is 23.8. The van der Waals surface area contributed by atoms with Gasteiger partial charge in [0.1, 0.15) is 55.4 Å². The number of rotatable bonds is 36. The molecule has 15 nitrogen and oxygen atoms in total. The molecule has 2 saturated heterocycles. The normalized spacial score (nSPS) is 27.4. The quantitative estimate of drug-likeness (QED) is 0.0236. The van der Waals surface area contributed by atoms with Crippen LogP contribution in [0.1, 0.15) is 174 Å². The number of aliphatic hydroxyl groups excluding tert-OH is 7. The van der Waals surface area contributed by atoms with E-state index in [4.69, 9.17) is 28.4 Å². The summed E-state index contributed by atoms with van der Waals surface area (Å²) in [6.07, 6.45) is 14.0. The predicted octanol–water partition coefficient (Wildman–Crippen LogP) is 5.43. The molecule has 61 heavy (non-hydrogen) atoms. The van der Waals surface area contributed by atoms with Gasteiger partial charge in [-0.3, -0.25) is 9.59 Å². The first-order chi connectivity index (χ1) is 29.5. The summed E-state index contributed by atoms with van der Waals surface area (Å²) < 4.78 is 33.4. The second-order valence-corrected chi connectivity index (χ2v) is 16.9. The van der Waals surface area contributed by atoms with Crippen LogP contribution in [0.5, 0.6) is 0 Å². The summed E-state index contributed by atoms with van der Waals surface area (Å²) in [5, 5.41) is 71.8. The summed E-state index contributed by atoms with van der Waals surface area (Å²) in [5.74, 6) is -0.933. The standard InChI is InChI=1S/C46H84O15/c1-3-5-7-9-11-13-14-15-16-17-18-19-21-23-25-27-29-38(49)59-34(31-56-37(48)28-26-24-22-20-12-10-8-6-4-2)32-57-45-44(55)42(53)40(51)36(61-45)33-58-46-43(54)41(52)39(50)35(30-47)60-46/h16-17,34-36,39-47,50-55H,3-15,18-33H2,1-2H3/b17-16-. The highest BCUT2D eigenvalue weighted by molar-refractivity contribution is 5.70. The van der Waals surface area contributed by atoms with Crippen LogP contribution in [0.4, 0.5) is 0 Å². The van der Waals surface area contributed by atoms with Gasteiger partial charge in [-0.05, 0) is 38.5 Å². The van der Waals surface area contributed by atoms with Crippen LogP contribution in [0.25, 0.3) is 0 Å². The average Bonchev–Trinajstić information content (AvgIpc) is 3.25. The second-order valence-electron chi connectivity index (χ2n) is 16.9. The summed E-state index contributed by atoms with van der Waals surface area (Å²) in [6.45, 7) is 2.55. The van der Waals surface area contributed by atoms with E-state index in [-0.39, 0.29) is 26.1 Å². The molecule has 11 atom stereocenters. The van der Waals surface area contributed by atoms with E-state index < -0.39 is 92.7 Å². The largest absolute Gasteiger partial charge is 0.462 e. The highest BCUT2D eigenvalue weighted by Gasteiger charge is 2.47. The van der Waals surface area contributed by atoms with Crippen molar-refractivity contribution in [3.8, 4) is 0 Å². The van der Waals surface area contributed by atoms with Crippen molar-refractivity contribution in [2.24, 2.45) is 0 Å². The minimum Gasteiger partial charge on any atom is -0.462 e. The molecular formula is C46H84O15. The van der Waals surface area contributed by atoms with Gasteiger partial charge < -0.3 is 64.2 Å². The van der Waals surface area contributed by atoms with Crippen LogP contribution in [-0.4, -0.2) is 142 Å². The molecule has 2 fully saturated rings. The van der Waals surface area contributed by atoms with Crippen molar-refractivity contribution in [3.05, 3.63) is 12.2 Å². The third kappa shape index (κ3) is 23.7. The van der Waals surface area contributed by atoms with Crippen molar-refractivity contribution in [1.29, 1.82) is 0 Å². The summed E-state index contributed by atoms with van der Waals surface area (Å²) >= 11 is 0. The Balaban J connectivity index is 1.83. The van der Waals surface area contributed by atoms with Gasteiger partial charge in [-0.25, -0.2) is 0 Å². The third-order valence-corrected chi connectivity index (χ3v) is 11.5. The Morgan fingerprint density at radius 2 is 0.934 bits per heavy atom. The molecule has 2 aliphatic heterocycles. The number of unbranched alkanes of at least 4 members (excludes halogenated alkanes) is 20. The molecule has 0 saturated carbocycles. The average molecular weight is 877 g/mol. The van der Waals surface area contributed by atoms with E-state index in [1.54, 1.807) is 0 Å². The highest BCUT2D eigenvalue weighted by atomic mass is 16.7. The van der Waals surface area contributed by atoms with E-state index in [0.29, 0.717) is 12.8 Å². The van der Waals surface area contributed by atoms with E-state index in [2.05, 4.69) is 26.0 Å². The monoisotopic (exact) mass is 877 g/mol. The van der Waals surface area contributed by atoms with Gasteiger partial charge >= 0.3 is 11.9 Å². The second kappa shape index (κ2) is 34.6. The smallest absolute Gasteiger partial charge is 0.306 e. The number of hydrogen-bond acceptors (Lipinski definition) is 15. The zero-order valence-electron chi connectivity index (χ0n) is 37.4. The van der Waals surface area contributed by atoms with E-state index in [9.17, 15) is 45.3 Å². The van der Waals surface area contributed by atoms with Crippen LogP contribution in [0.2, 0.25) is 0 Å². The minimum atomic E-state index is -1.76. The van der Waals surface area contributed by atoms with Crippen LogP contribution in [0.3, 0.4) is 0 Å². The molecule has 0 radical (unpaired) electrons. The molecule has 2 heterocycles. The lowest BCUT2D eigenvalue weighted by Crippen LogP contribution is -2.61. The maximum Gasteiger partial charge on any atom is 0.306 e. The van der Waals surface area contributed by atoms with E-state index in [0.717, 1.165) is 57.8 Å². The van der Waals surface area contributed by atoms with Gasteiger partial charge in [-0.2, -0.15) is 0 Å². The number of aliphatic hydroxyl groups is 7. The summed E-state index contributed by atoms with van der Waals surface area (Å²) in [6, 6.07) is 0. The van der Waals surface area contributed by atoms with E-state index in [1.807, 2.05) is 0 Å². The zero-order valence-corrected chi connectivity index (χ0v) is 37.4. The Hall–Kier alpha value is -1.76. The van der Waals surface area contributed by atoms with Crippen molar-refractivity contribution in [1.82, 2.24) is 0 Å². The molecule has 0 aromatic rings. The molecule has 0 spiro atoms. The van der Waals surface area contributed by atoms with Crippen LogP contribution < -0.4 is 0 Å². The molecule has 0 aromatic heterocycles. The molecule has 2 aliphatic rings. The maximum absolute atomic E-state index is 12.9. The number of allylic oxidation sites excluding steroid dienone is 2. The van der Waals surface area contributed by atoms with Gasteiger partial charge in [0.15, 0.2) is 18.7 Å². The first kappa shape index (κ1) is 55.4. The molecule has 15 heteroatoms. The number of ether oxygens (including phenoxy) is 6. The first-order valence-corrected chi connectivity index (χ1v) is 23.8. The van der Waals surface area contributed by atoms with E-state index >= 15 is 0 Å². The van der Waals surface area contributed by atoms with Crippen molar-refractivity contribution in [3.63, 3.8) is 0 Å². The molecule has 2 rings (SSSR count). The lowest BCUT2D eigenvalue weighted by Gasteiger charge is -2.42. The van der Waals surface area contributed by atoms with Crippen LogP contribution in [0, 0.1) is 0 Å². The molecule has 0 amide bonds. The van der Waals surface area contributed by atoms with Gasteiger partial charge in [0.05, 0.1) is 19.8 Å². The third-order valence-electron chi connectivity index (χ3n) is 11.5. The van der Waals surface area contributed by atoms with Gasteiger partial charge in [0.25, 0.3) is 0 Å². The van der Waals surface area contributed by atoms with Crippen LogP contribution >= 0.6 is 0 Å². The van der Waals surface area contributed by atoms with Crippen LogP contribution in [0.15, 0.2) is 12.2 Å². The van der Waals surface area contributed by atoms with Crippen molar-refractivity contribution in [2.45, 2.75) is 242 Å². The Morgan fingerprint density at radius 3 is 1.44 bits per heavy atom. The van der Waals surface area contributed by atoms with Crippen molar-refractivity contribution in [2.75, 3.05) is 26.4 Å². The van der Waals surface area contributed by atoms with Gasteiger partial charge in [-0.15, -0.1) is 0 Å². The summed E-state index contributed by atoms with van der Waals surface area (Å²) in [7, 11) is 0. The molecule has 11 unspecified atom stereocenters. The Labute approximate surface area is 365 Å². The molecule has 0 aromatic carbocycles. The van der Waals surface area contributed by atoms with Crippen molar-refractivity contribution < 1.29 is 73.8 Å². The van der Waals surface area contributed by atoms with Gasteiger partial charge in [0, 0.05) is 12.8 Å². The van der Waals surface area contributed by atoms with Crippen LogP contribution in [-0.2, 0) is 38.0 Å². The summed E-state index contributed by atoms with van der Waals surface area (Å²) in [5.41, 5.74) is 0. The molecule has 0 bridgehead atoms. The number of esters is 2. The minimum absolute atomic E-state index is 0.159. The summed E-state index contributed by atoms with van der Waals surface area (Å²) in [4.78, 5) is 25.6. The fourth-order valence-corrected chi connectivity index (χ4v) is 7.50.